The molecule has 1 aromatic heterocycles. The molecular formula is C22H24N6O7S. The highest BCUT2D eigenvalue weighted by atomic mass is 32.2. The van der Waals surface area contributed by atoms with Crippen LogP contribution < -0.4 is 30.2 Å². The third kappa shape index (κ3) is 6.79. The average molecular weight is 517 g/mol. The average Bonchev–Trinajstić information content (AvgIpc) is 2.89. The number of benzene rings is 2. The van der Waals surface area contributed by atoms with Crippen LogP contribution in [0.15, 0.2) is 64.1 Å². The van der Waals surface area contributed by atoms with Crippen molar-refractivity contribution in [1.82, 2.24) is 15.4 Å². The topological polar surface area (TPSA) is 177 Å². The zero-order valence-corrected chi connectivity index (χ0v) is 20.5. The van der Waals surface area contributed by atoms with Crippen molar-refractivity contribution < 1.29 is 32.2 Å². The summed E-state index contributed by atoms with van der Waals surface area (Å²) in [6.07, 6.45) is 0.922. The van der Waals surface area contributed by atoms with Crippen molar-refractivity contribution >= 4 is 15.7 Å². The lowest BCUT2D eigenvalue weighted by molar-refractivity contribution is 0.0938. The van der Waals surface area contributed by atoms with Crippen LogP contribution >= 0.6 is 0 Å². The maximum Gasteiger partial charge on any atom is 0.283 e. The molecule has 0 unspecified atom stereocenters. The second-order valence-electron chi connectivity index (χ2n) is 7.19. The van der Waals surface area contributed by atoms with Crippen molar-refractivity contribution in [3.63, 3.8) is 0 Å². The first-order valence-corrected chi connectivity index (χ1v) is 12.2. The highest BCUT2D eigenvalue weighted by Gasteiger charge is 2.27. The van der Waals surface area contributed by atoms with Gasteiger partial charge in [-0.25, -0.2) is 13.8 Å². The molecule has 0 spiro atoms. The third-order valence-corrected chi connectivity index (χ3v) is 5.51. The molecule has 1 amide bonds. The Morgan fingerprint density at radius 1 is 0.889 bits per heavy atom. The van der Waals surface area contributed by atoms with E-state index in [1.165, 1.54) is 14.2 Å². The number of nitrogens with one attached hydrogen (secondary N) is 1. The number of nitrogens with two attached hydrogens (primary N) is 1. The lowest BCUT2D eigenvalue weighted by Gasteiger charge is -2.15. The molecule has 0 saturated heterocycles. The maximum absolute atomic E-state index is 12.9. The number of sulfone groups is 1. The number of carbonyl (C=O) groups excluding carboxylic acids is 1. The van der Waals surface area contributed by atoms with E-state index in [2.05, 4.69) is 25.8 Å². The molecule has 0 aliphatic carbocycles. The number of methoxy groups -OCH3 is 2. The molecule has 0 saturated carbocycles. The van der Waals surface area contributed by atoms with Crippen molar-refractivity contribution in [3.8, 4) is 23.3 Å². The monoisotopic (exact) mass is 516 g/mol. The van der Waals surface area contributed by atoms with Crippen molar-refractivity contribution in [2.24, 2.45) is 16.3 Å². The van der Waals surface area contributed by atoms with Gasteiger partial charge in [0.15, 0.2) is 5.56 Å². The third-order valence-electron chi connectivity index (χ3n) is 4.66. The van der Waals surface area contributed by atoms with Crippen LogP contribution in [0.4, 0.5) is 0 Å². The van der Waals surface area contributed by atoms with Gasteiger partial charge in [0.25, 0.3) is 11.1 Å². The molecule has 0 aliphatic rings. The smallest absolute Gasteiger partial charge is 0.283 e. The van der Waals surface area contributed by atoms with Crippen molar-refractivity contribution in [3.05, 3.63) is 65.2 Å². The van der Waals surface area contributed by atoms with Crippen molar-refractivity contribution in [2.45, 2.75) is 18.4 Å². The quantitative estimate of drug-likeness (QED) is 0.166. The summed E-state index contributed by atoms with van der Waals surface area (Å²) in [5, 5.41) is 5.67. The normalized spacial score (nSPS) is 11.2. The molecule has 3 rings (SSSR count). The van der Waals surface area contributed by atoms with Crippen LogP contribution in [-0.4, -0.2) is 44.8 Å². The Morgan fingerprint density at radius 3 is 1.69 bits per heavy atom. The van der Waals surface area contributed by atoms with E-state index in [4.69, 9.17) is 24.8 Å². The van der Waals surface area contributed by atoms with Gasteiger partial charge in [0.1, 0.15) is 24.7 Å². The molecule has 3 N–H and O–H groups in total. The Bertz CT molecular complexity index is 1260. The zero-order valence-electron chi connectivity index (χ0n) is 19.7. The highest BCUT2D eigenvalue weighted by molar-refractivity contribution is 7.90. The number of ether oxygens (including phenoxy) is 4. The number of nitrogens with zero attached hydrogens (tertiary/aromatic N) is 4. The van der Waals surface area contributed by atoms with E-state index in [-0.39, 0.29) is 30.5 Å². The summed E-state index contributed by atoms with van der Waals surface area (Å²) in [7, 11) is -0.824. The fourth-order valence-corrected chi connectivity index (χ4v) is 3.35. The predicted molar refractivity (Wildman–Crippen MR) is 126 cm³/mol. The largest absolute Gasteiger partial charge is 0.497 e. The van der Waals surface area contributed by atoms with Gasteiger partial charge in [-0.05, 0) is 40.6 Å². The van der Waals surface area contributed by atoms with Crippen LogP contribution in [-0.2, 0) is 23.1 Å². The Labute approximate surface area is 207 Å². The summed E-state index contributed by atoms with van der Waals surface area (Å²) in [5.41, 5.74) is 3.19. The summed E-state index contributed by atoms with van der Waals surface area (Å²) in [6.45, 7) is -0.109. The molecular weight excluding hydrogens is 492 g/mol. The van der Waals surface area contributed by atoms with Crippen LogP contribution in [0.25, 0.3) is 0 Å². The number of hydrogen-bond acceptors (Lipinski definition) is 11. The van der Waals surface area contributed by atoms with Crippen LogP contribution in [0.1, 0.15) is 21.5 Å². The first-order valence-electron chi connectivity index (χ1n) is 10.3. The maximum atomic E-state index is 12.9. The summed E-state index contributed by atoms with van der Waals surface area (Å²) >= 11 is 0. The highest BCUT2D eigenvalue weighted by Crippen LogP contribution is 2.29. The van der Waals surface area contributed by atoms with Crippen LogP contribution in [0.5, 0.6) is 23.3 Å². The van der Waals surface area contributed by atoms with Gasteiger partial charge in [0, 0.05) is 6.26 Å². The molecule has 0 fully saturated rings. The van der Waals surface area contributed by atoms with Crippen LogP contribution in [0, 0.1) is 0 Å². The first-order chi connectivity index (χ1) is 17.2. The lowest BCUT2D eigenvalue weighted by atomic mass is 10.2. The van der Waals surface area contributed by atoms with Gasteiger partial charge >= 0.3 is 0 Å². The Morgan fingerprint density at radius 2 is 1.33 bits per heavy atom. The number of aromatic nitrogens is 2. The fourth-order valence-electron chi connectivity index (χ4n) is 2.85. The standard InChI is InChI=1S/C22H24N6O7S/c1-32-16-8-4-14(5-9-16)12-34-20-18(19(29)26-28-27-23)21(25-22(24-20)36(3,30)31)35-13-15-6-10-17(33-2)11-7-15/h4-11H,12-13H2,1-3H3,(H2,23,28)(H,26,27,29). The Hall–Kier alpha value is -4.46. The Kier molecular flexibility index (Phi) is 8.57. The molecule has 13 nitrogen and oxygen atoms in total. The summed E-state index contributed by atoms with van der Waals surface area (Å²) in [6, 6.07) is 13.8. The van der Waals surface area contributed by atoms with Gasteiger partial charge in [-0.3, -0.25) is 4.79 Å². The van der Waals surface area contributed by atoms with E-state index >= 15 is 0 Å². The number of rotatable bonds is 11. The molecule has 0 aliphatic heterocycles. The zero-order chi connectivity index (χ0) is 26.1. The molecule has 36 heavy (non-hydrogen) atoms. The van der Waals surface area contributed by atoms with Gasteiger partial charge < -0.3 is 24.8 Å². The van der Waals surface area contributed by atoms with Gasteiger partial charge in [-0.1, -0.05) is 29.5 Å². The van der Waals surface area contributed by atoms with E-state index in [9.17, 15) is 13.2 Å². The minimum absolute atomic E-state index is 0.0547. The van der Waals surface area contributed by atoms with Crippen LogP contribution in [0.2, 0.25) is 0 Å². The van der Waals surface area contributed by atoms with Gasteiger partial charge in [0.05, 0.1) is 14.2 Å². The number of amides is 1. The van der Waals surface area contributed by atoms with Crippen molar-refractivity contribution in [2.75, 3.05) is 20.5 Å². The minimum Gasteiger partial charge on any atom is -0.497 e. The minimum atomic E-state index is -3.90. The van der Waals surface area contributed by atoms with Gasteiger partial charge in [-0.2, -0.15) is 9.97 Å². The molecule has 0 atom stereocenters. The second kappa shape index (κ2) is 11.8. The Balaban J connectivity index is 2.00. The van der Waals surface area contributed by atoms with E-state index in [1.807, 2.05) is 0 Å². The second-order valence-corrected chi connectivity index (χ2v) is 9.10. The molecule has 3 aromatic rings. The van der Waals surface area contributed by atoms with Crippen LogP contribution in [0.3, 0.4) is 0 Å². The summed E-state index contributed by atoms with van der Waals surface area (Å²) < 4.78 is 46.3. The van der Waals surface area contributed by atoms with E-state index in [1.54, 1.807) is 48.5 Å². The molecule has 190 valence electrons. The van der Waals surface area contributed by atoms with E-state index in [0.717, 1.165) is 6.26 Å². The molecule has 14 heteroatoms. The summed E-state index contributed by atoms with van der Waals surface area (Å²) in [5.74, 6) is 4.71. The molecule has 0 bridgehead atoms. The summed E-state index contributed by atoms with van der Waals surface area (Å²) in [4.78, 5) is 20.8. The molecule has 0 radical (unpaired) electrons. The lowest BCUT2D eigenvalue weighted by Crippen LogP contribution is -2.22. The predicted octanol–water partition coefficient (Wildman–Crippen LogP) is 2.03. The number of hydrogen-bond donors (Lipinski definition) is 2. The van der Waals surface area contributed by atoms with E-state index in [0.29, 0.717) is 22.6 Å². The molecule has 2 aromatic carbocycles. The SMILES string of the molecule is COc1ccc(COc2nc(S(C)(=O)=O)nc(OCc3ccc(OC)cc3)c2C(=O)NN=NN)cc1. The van der Waals surface area contributed by atoms with Gasteiger partial charge in [-0.15, -0.1) is 0 Å². The van der Waals surface area contributed by atoms with Crippen molar-refractivity contribution in [1.29, 1.82) is 0 Å². The fraction of sp³-hybridized carbons (Fsp3) is 0.227. The first kappa shape index (κ1) is 26.2. The number of carbonyl (C=O) groups is 1. The van der Waals surface area contributed by atoms with E-state index < -0.39 is 20.9 Å². The van der Waals surface area contributed by atoms with Gasteiger partial charge in [0.2, 0.25) is 21.6 Å². The molecule has 1 heterocycles.